The Balaban J connectivity index is 1.74. The third kappa shape index (κ3) is 3.82. The van der Waals surface area contributed by atoms with E-state index in [0.29, 0.717) is 19.0 Å². The molecule has 0 atom stereocenters. The quantitative estimate of drug-likeness (QED) is 0.736. The van der Waals surface area contributed by atoms with E-state index in [1.54, 1.807) is 0 Å². The summed E-state index contributed by atoms with van der Waals surface area (Å²) in [5.41, 5.74) is 6.86. The van der Waals surface area contributed by atoms with Gasteiger partial charge in [0.1, 0.15) is 5.82 Å². The fourth-order valence-corrected chi connectivity index (χ4v) is 3.28. The molecular formula is C15H24N6O2. The normalized spacial score (nSPS) is 20.3. The second-order valence-corrected chi connectivity index (χ2v) is 6.14. The molecule has 0 aliphatic carbocycles. The van der Waals surface area contributed by atoms with Crippen LogP contribution in [0, 0.1) is 0 Å². The third-order valence-corrected chi connectivity index (χ3v) is 4.60. The summed E-state index contributed by atoms with van der Waals surface area (Å²) in [6.45, 7) is 4.93. The van der Waals surface area contributed by atoms with Gasteiger partial charge in [0.25, 0.3) is 0 Å². The molecule has 0 bridgehead atoms. The zero-order valence-corrected chi connectivity index (χ0v) is 13.2. The van der Waals surface area contributed by atoms with Crippen LogP contribution in [0.25, 0.3) is 0 Å². The maximum absolute atomic E-state index is 11.0. The van der Waals surface area contributed by atoms with Crippen molar-refractivity contribution in [2.75, 3.05) is 49.9 Å². The number of anilines is 2. The van der Waals surface area contributed by atoms with Gasteiger partial charge in [-0.05, 0) is 25.8 Å². The molecule has 1 aromatic rings. The van der Waals surface area contributed by atoms with Crippen LogP contribution in [-0.2, 0) is 0 Å². The van der Waals surface area contributed by atoms with Crippen molar-refractivity contribution in [3.63, 3.8) is 0 Å². The summed E-state index contributed by atoms with van der Waals surface area (Å²) in [5.74, 6) is 1.44. The minimum atomic E-state index is -0.844. The average molecular weight is 320 g/mol. The van der Waals surface area contributed by atoms with Gasteiger partial charge < -0.3 is 26.0 Å². The predicted octanol–water partition coefficient (Wildman–Crippen LogP) is 0.716. The van der Waals surface area contributed by atoms with Gasteiger partial charge in [-0.2, -0.15) is 4.98 Å². The molecule has 0 radical (unpaired) electrons. The van der Waals surface area contributed by atoms with Crippen LogP contribution >= 0.6 is 0 Å². The first kappa shape index (κ1) is 15.8. The molecule has 4 N–H and O–H groups in total. The summed E-state index contributed by atoms with van der Waals surface area (Å²) in [6.07, 6.45) is 1.80. The molecule has 0 saturated carbocycles. The van der Waals surface area contributed by atoms with E-state index in [0.717, 1.165) is 57.0 Å². The lowest BCUT2D eigenvalue weighted by Crippen LogP contribution is -2.37. The zero-order chi connectivity index (χ0) is 16.2. The smallest absolute Gasteiger partial charge is 0.407 e. The van der Waals surface area contributed by atoms with Crippen LogP contribution in [0.5, 0.6) is 0 Å². The first-order valence-electron chi connectivity index (χ1n) is 8.21. The van der Waals surface area contributed by atoms with Crippen molar-refractivity contribution in [3.05, 3.63) is 11.8 Å². The van der Waals surface area contributed by atoms with Gasteiger partial charge in [0, 0.05) is 44.7 Å². The number of hydrogen-bond acceptors (Lipinski definition) is 6. The van der Waals surface area contributed by atoms with Crippen LogP contribution in [0.2, 0.25) is 0 Å². The lowest BCUT2D eigenvalue weighted by atomic mass is 9.93. The molecule has 1 aromatic heterocycles. The molecule has 3 rings (SSSR count). The minimum Gasteiger partial charge on any atom is -0.465 e. The van der Waals surface area contributed by atoms with Crippen molar-refractivity contribution >= 4 is 17.9 Å². The maximum atomic E-state index is 11.0. The van der Waals surface area contributed by atoms with Crippen LogP contribution in [0.3, 0.4) is 0 Å². The van der Waals surface area contributed by atoms with Gasteiger partial charge in [0.15, 0.2) is 0 Å². The monoisotopic (exact) mass is 320 g/mol. The predicted molar refractivity (Wildman–Crippen MR) is 87.7 cm³/mol. The zero-order valence-electron chi connectivity index (χ0n) is 13.2. The Morgan fingerprint density at radius 3 is 2.74 bits per heavy atom. The highest BCUT2D eigenvalue weighted by Gasteiger charge is 2.25. The van der Waals surface area contributed by atoms with Crippen LogP contribution in [-0.4, -0.2) is 65.3 Å². The highest BCUT2D eigenvalue weighted by atomic mass is 16.4. The topological polar surface area (TPSA) is 108 Å². The second kappa shape index (κ2) is 6.99. The lowest BCUT2D eigenvalue weighted by Gasteiger charge is -2.30. The highest BCUT2D eigenvalue weighted by Crippen LogP contribution is 2.29. The first-order valence-corrected chi connectivity index (χ1v) is 8.21. The summed E-state index contributed by atoms with van der Waals surface area (Å²) in [4.78, 5) is 23.5. The Kier molecular flexibility index (Phi) is 4.80. The lowest BCUT2D eigenvalue weighted by molar-refractivity contribution is 0.131. The Labute approximate surface area is 135 Å². The summed E-state index contributed by atoms with van der Waals surface area (Å²) in [6, 6.07) is 2.03. The fraction of sp³-hybridized carbons (Fsp3) is 0.667. The highest BCUT2D eigenvalue weighted by molar-refractivity contribution is 5.65. The average Bonchev–Trinajstić information content (AvgIpc) is 2.83. The van der Waals surface area contributed by atoms with Crippen LogP contribution in [0.1, 0.15) is 30.9 Å². The van der Waals surface area contributed by atoms with Gasteiger partial charge >= 0.3 is 6.09 Å². The van der Waals surface area contributed by atoms with Crippen molar-refractivity contribution in [2.24, 2.45) is 0 Å². The van der Waals surface area contributed by atoms with Gasteiger partial charge in [-0.25, -0.2) is 9.78 Å². The van der Waals surface area contributed by atoms with E-state index in [-0.39, 0.29) is 5.92 Å². The summed E-state index contributed by atoms with van der Waals surface area (Å²) < 4.78 is 0. The Bertz CT molecular complexity index is 551. The van der Waals surface area contributed by atoms with Crippen molar-refractivity contribution < 1.29 is 9.90 Å². The molecule has 2 saturated heterocycles. The van der Waals surface area contributed by atoms with E-state index in [2.05, 4.69) is 20.2 Å². The number of aromatic nitrogens is 2. The van der Waals surface area contributed by atoms with E-state index in [4.69, 9.17) is 10.8 Å². The Morgan fingerprint density at radius 2 is 2.00 bits per heavy atom. The van der Waals surface area contributed by atoms with Crippen molar-refractivity contribution in [2.45, 2.75) is 25.2 Å². The molecule has 8 nitrogen and oxygen atoms in total. The Morgan fingerprint density at radius 1 is 1.22 bits per heavy atom. The molecule has 0 unspecified atom stereocenters. The molecule has 1 amide bonds. The van der Waals surface area contributed by atoms with Crippen LogP contribution in [0.15, 0.2) is 6.07 Å². The van der Waals surface area contributed by atoms with Gasteiger partial charge in [0.05, 0.1) is 5.69 Å². The number of likely N-dealkylation sites (tertiary alicyclic amines) is 1. The number of hydrogen-bond donors (Lipinski definition) is 3. The molecule has 3 heterocycles. The molecular weight excluding hydrogens is 296 g/mol. The van der Waals surface area contributed by atoms with E-state index in [9.17, 15) is 4.79 Å². The number of piperidine rings is 1. The number of carboxylic acid groups (broad SMARTS) is 1. The van der Waals surface area contributed by atoms with Gasteiger partial charge in [-0.3, -0.25) is 0 Å². The minimum absolute atomic E-state index is 0.250. The fourth-order valence-electron chi connectivity index (χ4n) is 3.28. The number of nitrogens with zero attached hydrogens (tertiary/aromatic N) is 4. The molecule has 0 spiro atoms. The maximum Gasteiger partial charge on any atom is 0.407 e. The van der Waals surface area contributed by atoms with Crippen molar-refractivity contribution in [3.8, 4) is 0 Å². The Hall–Kier alpha value is -2.09. The number of nitrogens with one attached hydrogen (secondary N) is 1. The number of amides is 1. The molecule has 2 aliphatic heterocycles. The molecule has 23 heavy (non-hydrogen) atoms. The van der Waals surface area contributed by atoms with Gasteiger partial charge in [0.2, 0.25) is 5.95 Å². The van der Waals surface area contributed by atoms with Gasteiger partial charge in [-0.15, -0.1) is 0 Å². The number of rotatable bonds is 2. The van der Waals surface area contributed by atoms with Crippen LogP contribution < -0.4 is 16.0 Å². The number of nitrogens with two attached hydrogens (primary N) is 1. The molecule has 0 aromatic carbocycles. The molecule has 8 heteroatoms. The van der Waals surface area contributed by atoms with E-state index in [1.165, 1.54) is 4.90 Å². The van der Waals surface area contributed by atoms with Gasteiger partial charge in [-0.1, -0.05) is 0 Å². The molecule has 2 fully saturated rings. The molecule has 2 aliphatic rings. The third-order valence-electron chi connectivity index (χ3n) is 4.60. The molecule has 126 valence electrons. The second-order valence-electron chi connectivity index (χ2n) is 6.14. The summed E-state index contributed by atoms with van der Waals surface area (Å²) in [5, 5.41) is 12.4. The largest absolute Gasteiger partial charge is 0.465 e. The number of nitrogen functional groups attached to an aromatic ring is 1. The summed E-state index contributed by atoms with van der Waals surface area (Å²) in [7, 11) is 0. The van der Waals surface area contributed by atoms with E-state index in [1.807, 2.05) is 6.07 Å². The SMILES string of the molecule is Nc1nc(C2CCN(C(=O)O)CC2)cc(N2CCCNCC2)n1. The first-order chi connectivity index (χ1) is 11.1. The van der Waals surface area contributed by atoms with E-state index >= 15 is 0 Å². The van der Waals surface area contributed by atoms with Crippen molar-refractivity contribution in [1.82, 2.24) is 20.2 Å². The number of carbonyl (C=O) groups is 1. The van der Waals surface area contributed by atoms with Crippen LogP contribution in [0.4, 0.5) is 16.6 Å². The standard InChI is InChI=1S/C15H24N6O2/c16-14-18-12(11-2-7-21(8-3-11)15(22)23)10-13(19-14)20-6-1-4-17-5-9-20/h10-11,17H,1-9H2,(H,22,23)(H2,16,18,19). The van der Waals surface area contributed by atoms with E-state index < -0.39 is 6.09 Å². The summed E-state index contributed by atoms with van der Waals surface area (Å²) >= 11 is 0. The van der Waals surface area contributed by atoms with Crippen molar-refractivity contribution in [1.29, 1.82) is 0 Å².